The standard InChI is InChI=1S/C13H13F3N2O5/c1-7(11(20)18-12(17)21)23-10(19)6-22-9-4-2-3-8(5-9)13(14,15)16/h2-5,7H,6H2,1H3,(H3,17,18,20,21)/t7-/m0/s1. The predicted molar refractivity (Wildman–Crippen MR) is 70.2 cm³/mol. The van der Waals surface area contributed by atoms with Gasteiger partial charge in [-0.25, -0.2) is 9.59 Å². The smallest absolute Gasteiger partial charge is 0.416 e. The quantitative estimate of drug-likeness (QED) is 0.787. The summed E-state index contributed by atoms with van der Waals surface area (Å²) >= 11 is 0. The molecule has 10 heteroatoms. The Hall–Kier alpha value is -2.78. The van der Waals surface area contributed by atoms with E-state index >= 15 is 0 Å². The van der Waals surface area contributed by atoms with Crippen molar-refractivity contribution in [3.8, 4) is 5.75 Å². The first kappa shape index (κ1) is 18.3. The molecule has 0 unspecified atom stereocenters. The number of hydrogen-bond acceptors (Lipinski definition) is 5. The number of amides is 3. The Balaban J connectivity index is 2.54. The first-order valence-electron chi connectivity index (χ1n) is 6.19. The van der Waals surface area contributed by atoms with Crippen molar-refractivity contribution in [2.75, 3.05) is 6.61 Å². The summed E-state index contributed by atoms with van der Waals surface area (Å²) in [7, 11) is 0. The van der Waals surface area contributed by atoms with Gasteiger partial charge in [0.15, 0.2) is 12.7 Å². The zero-order valence-electron chi connectivity index (χ0n) is 11.8. The fourth-order valence-electron chi connectivity index (χ4n) is 1.41. The van der Waals surface area contributed by atoms with Gasteiger partial charge in [-0.1, -0.05) is 6.07 Å². The van der Waals surface area contributed by atoms with E-state index in [0.717, 1.165) is 18.2 Å². The van der Waals surface area contributed by atoms with Gasteiger partial charge in [-0.05, 0) is 25.1 Å². The lowest BCUT2D eigenvalue weighted by atomic mass is 10.2. The minimum Gasteiger partial charge on any atom is -0.482 e. The molecule has 0 aliphatic heterocycles. The van der Waals surface area contributed by atoms with Gasteiger partial charge in [-0.3, -0.25) is 10.1 Å². The molecule has 0 aromatic heterocycles. The van der Waals surface area contributed by atoms with Crippen molar-refractivity contribution in [3.05, 3.63) is 29.8 Å². The van der Waals surface area contributed by atoms with Crippen LogP contribution in [0.3, 0.4) is 0 Å². The first-order valence-corrected chi connectivity index (χ1v) is 6.19. The van der Waals surface area contributed by atoms with Crippen LogP contribution in [0.4, 0.5) is 18.0 Å². The second-order valence-corrected chi connectivity index (χ2v) is 4.30. The number of carbonyl (C=O) groups is 3. The summed E-state index contributed by atoms with van der Waals surface area (Å²) in [6.07, 6.45) is -5.86. The SMILES string of the molecule is C[C@H](OC(=O)COc1cccc(C(F)(F)F)c1)C(=O)NC(N)=O. The Morgan fingerprint density at radius 2 is 1.96 bits per heavy atom. The molecule has 3 amide bonds. The Bertz CT molecular complexity index is 604. The molecule has 0 aliphatic rings. The lowest BCUT2D eigenvalue weighted by Crippen LogP contribution is -2.42. The number of rotatable bonds is 5. The highest BCUT2D eigenvalue weighted by atomic mass is 19.4. The minimum atomic E-state index is -4.54. The van der Waals surface area contributed by atoms with Gasteiger partial charge >= 0.3 is 18.2 Å². The molecule has 0 saturated heterocycles. The number of nitrogens with two attached hydrogens (primary N) is 1. The number of carbonyl (C=O) groups excluding carboxylic acids is 3. The zero-order valence-corrected chi connectivity index (χ0v) is 11.8. The van der Waals surface area contributed by atoms with Crippen molar-refractivity contribution in [3.63, 3.8) is 0 Å². The number of esters is 1. The van der Waals surface area contributed by atoms with Gasteiger partial charge in [-0.2, -0.15) is 13.2 Å². The maximum absolute atomic E-state index is 12.5. The molecule has 0 aliphatic carbocycles. The third-order valence-electron chi connectivity index (χ3n) is 2.44. The lowest BCUT2D eigenvalue weighted by Gasteiger charge is -2.13. The topological polar surface area (TPSA) is 108 Å². The number of halogens is 3. The monoisotopic (exact) mass is 334 g/mol. The maximum Gasteiger partial charge on any atom is 0.416 e. The van der Waals surface area contributed by atoms with Gasteiger partial charge < -0.3 is 15.2 Å². The summed E-state index contributed by atoms with van der Waals surface area (Å²) in [6.45, 7) is 0.468. The van der Waals surface area contributed by atoms with Crippen molar-refractivity contribution in [2.24, 2.45) is 5.73 Å². The molecule has 0 saturated carbocycles. The second-order valence-electron chi connectivity index (χ2n) is 4.30. The van der Waals surface area contributed by atoms with Crippen molar-refractivity contribution in [1.29, 1.82) is 0 Å². The molecule has 0 heterocycles. The van der Waals surface area contributed by atoms with E-state index in [1.807, 2.05) is 0 Å². The molecule has 0 radical (unpaired) electrons. The molecule has 0 spiro atoms. The van der Waals surface area contributed by atoms with Crippen LogP contribution >= 0.6 is 0 Å². The Morgan fingerprint density at radius 1 is 1.30 bits per heavy atom. The molecular weight excluding hydrogens is 321 g/mol. The highest BCUT2D eigenvalue weighted by molar-refractivity contribution is 5.96. The highest BCUT2D eigenvalue weighted by Gasteiger charge is 2.30. The Kier molecular flexibility index (Phi) is 5.94. The molecule has 126 valence electrons. The van der Waals surface area contributed by atoms with Crippen LogP contribution in [0.15, 0.2) is 24.3 Å². The molecule has 23 heavy (non-hydrogen) atoms. The average molecular weight is 334 g/mol. The van der Waals surface area contributed by atoms with Crippen molar-refractivity contribution in [1.82, 2.24) is 5.32 Å². The molecule has 1 aromatic carbocycles. The fraction of sp³-hybridized carbons (Fsp3) is 0.308. The lowest BCUT2D eigenvalue weighted by molar-refractivity contribution is -0.156. The number of primary amides is 1. The molecule has 1 aromatic rings. The molecule has 1 atom stereocenters. The average Bonchev–Trinajstić information content (AvgIpc) is 2.43. The number of imide groups is 1. The van der Waals surface area contributed by atoms with E-state index in [-0.39, 0.29) is 5.75 Å². The van der Waals surface area contributed by atoms with E-state index in [0.29, 0.717) is 0 Å². The number of alkyl halides is 3. The zero-order chi connectivity index (χ0) is 17.6. The van der Waals surface area contributed by atoms with Crippen LogP contribution in [0.5, 0.6) is 5.75 Å². The van der Waals surface area contributed by atoms with E-state index in [2.05, 4.69) is 4.74 Å². The number of ether oxygens (including phenoxy) is 2. The molecule has 3 N–H and O–H groups in total. The van der Waals surface area contributed by atoms with E-state index < -0.39 is 42.4 Å². The molecule has 0 bridgehead atoms. The highest BCUT2D eigenvalue weighted by Crippen LogP contribution is 2.31. The van der Waals surface area contributed by atoms with Crippen molar-refractivity contribution in [2.45, 2.75) is 19.2 Å². The number of benzene rings is 1. The van der Waals surface area contributed by atoms with E-state index in [9.17, 15) is 27.6 Å². The van der Waals surface area contributed by atoms with Gasteiger partial charge in [0.25, 0.3) is 5.91 Å². The third kappa shape index (κ3) is 6.24. The van der Waals surface area contributed by atoms with E-state index in [1.165, 1.54) is 13.0 Å². The van der Waals surface area contributed by atoms with Gasteiger partial charge in [0.05, 0.1) is 5.56 Å². The molecule has 0 fully saturated rings. The van der Waals surface area contributed by atoms with Crippen LogP contribution in [0.1, 0.15) is 12.5 Å². The van der Waals surface area contributed by atoms with Crippen molar-refractivity contribution < 1.29 is 37.0 Å². The van der Waals surface area contributed by atoms with Crippen LogP contribution in [-0.4, -0.2) is 30.6 Å². The number of urea groups is 1. The summed E-state index contributed by atoms with van der Waals surface area (Å²) in [4.78, 5) is 33.2. The predicted octanol–water partition coefficient (Wildman–Crippen LogP) is 1.21. The Labute approximate surface area is 128 Å². The normalized spacial score (nSPS) is 12.2. The van der Waals surface area contributed by atoms with Gasteiger partial charge in [0.2, 0.25) is 0 Å². The van der Waals surface area contributed by atoms with Gasteiger partial charge in [0, 0.05) is 0 Å². The largest absolute Gasteiger partial charge is 0.482 e. The maximum atomic E-state index is 12.5. The minimum absolute atomic E-state index is 0.189. The summed E-state index contributed by atoms with van der Waals surface area (Å²) in [5.41, 5.74) is 3.79. The second kappa shape index (κ2) is 7.47. The third-order valence-corrected chi connectivity index (χ3v) is 2.44. The molecule has 1 rings (SSSR count). The van der Waals surface area contributed by atoms with E-state index in [1.54, 1.807) is 5.32 Å². The number of nitrogens with one attached hydrogen (secondary N) is 1. The summed E-state index contributed by atoms with van der Waals surface area (Å²) < 4.78 is 47.0. The molecular formula is C13H13F3N2O5. The van der Waals surface area contributed by atoms with Crippen LogP contribution < -0.4 is 15.8 Å². The van der Waals surface area contributed by atoms with Crippen LogP contribution in [-0.2, 0) is 20.5 Å². The first-order chi connectivity index (χ1) is 10.6. The Morgan fingerprint density at radius 3 is 2.52 bits per heavy atom. The fourth-order valence-corrected chi connectivity index (χ4v) is 1.41. The summed E-state index contributed by atoms with van der Waals surface area (Å²) in [5, 5.41) is 1.70. The van der Waals surface area contributed by atoms with Crippen molar-refractivity contribution >= 4 is 17.9 Å². The number of hydrogen-bond donors (Lipinski definition) is 2. The summed E-state index contributed by atoms with van der Waals surface area (Å²) in [5.74, 6) is -2.13. The van der Waals surface area contributed by atoms with Crippen LogP contribution in [0.25, 0.3) is 0 Å². The van der Waals surface area contributed by atoms with Gasteiger partial charge in [-0.15, -0.1) is 0 Å². The van der Waals surface area contributed by atoms with E-state index in [4.69, 9.17) is 10.5 Å². The van der Waals surface area contributed by atoms with Gasteiger partial charge in [0.1, 0.15) is 5.75 Å². The molecule has 7 nitrogen and oxygen atoms in total. The van der Waals surface area contributed by atoms with Crippen LogP contribution in [0, 0.1) is 0 Å². The van der Waals surface area contributed by atoms with Crippen LogP contribution in [0.2, 0.25) is 0 Å². The summed E-state index contributed by atoms with van der Waals surface area (Å²) in [6, 6.07) is 2.80.